The fraction of sp³-hybridized carbons (Fsp3) is 0.176. The van der Waals surface area contributed by atoms with E-state index in [2.05, 4.69) is 124 Å². The Morgan fingerprint density at radius 2 is 1.14 bits per heavy atom. The summed E-state index contributed by atoms with van der Waals surface area (Å²) in [5.41, 5.74) is 9.50. The Balaban J connectivity index is 1.79. The molecule has 0 aliphatic carbocycles. The van der Waals surface area contributed by atoms with Crippen molar-refractivity contribution >= 4 is 11.4 Å². The lowest BCUT2D eigenvalue weighted by Gasteiger charge is -2.17. The largest absolute Gasteiger partial charge is 0.336 e. The standard InChI is InChI=1S/C34H33N3/c1-23(2)28-21-14-22-29(24(3)4)33(28)35-32(27-19-12-7-13-20-27)34-36-30(25-15-8-5-9-16-25)31(37-34)26-17-10-6-11-18-26/h5-24H,1-4H3,(H,36,37)/b35-32+. The Morgan fingerprint density at radius 3 is 1.68 bits per heavy atom. The molecule has 3 nitrogen and oxygen atoms in total. The molecule has 1 N–H and O–H groups in total. The summed E-state index contributed by atoms with van der Waals surface area (Å²) in [5, 5.41) is 0. The number of nitrogens with one attached hydrogen (secondary N) is 1. The summed E-state index contributed by atoms with van der Waals surface area (Å²) in [5.74, 6) is 1.47. The predicted molar refractivity (Wildman–Crippen MR) is 156 cm³/mol. The van der Waals surface area contributed by atoms with Crippen LogP contribution < -0.4 is 0 Å². The normalized spacial score (nSPS) is 11.9. The maximum atomic E-state index is 5.41. The lowest BCUT2D eigenvalue weighted by atomic mass is 9.92. The monoisotopic (exact) mass is 483 g/mol. The van der Waals surface area contributed by atoms with E-state index in [0.29, 0.717) is 11.8 Å². The molecule has 184 valence electrons. The fourth-order valence-corrected chi connectivity index (χ4v) is 4.71. The van der Waals surface area contributed by atoms with Gasteiger partial charge in [0.2, 0.25) is 0 Å². The molecule has 0 aliphatic heterocycles. The summed E-state index contributed by atoms with van der Waals surface area (Å²) in [6.45, 7) is 8.92. The van der Waals surface area contributed by atoms with Gasteiger partial charge in [0.25, 0.3) is 0 Å². The van der Waals surface area contributed by atoms with Crippen molar-refractivity contribution < 1.29 is 0 Å². The minimum absolute atomic E-state index is 0.353. The van der Waals surface area contributed by atoms with Crippen LogP contribution in [0.25, 0.3) is 22.5 Å². The summed E-state index contributed by atoms with van der Waals surface area (Å²) in [4.78, 5) is 14.3. The molecule has 1 aromatic heterocycles. The van der Waals surface area contributed by atoms with E-state index in [4.69, 9.17) is 9.98 Å². The number of aromatic amines is 1. The van der Waals surface area contributed by atoms with Crippen molar-refractivity contribution in [2.75, 3.05) is 0 Å². The number of aromatic nitrogens is 2. The van der Waals surface area contributed by atoms with Gasteiger partial charge in [-0.15, -0.1) is 0 Å². The van der Waals surface area contributed by atoms with Gasteiger partial charge in [0.1, 0.15) is 5.71 Å². The molecule has 0 saturated carbocycles. The number of hydrogen-bond donors (Lipinski definition) is 1. The number of imidazole rings is 1. The smallest absolute Gasteiger partial charge is 0.157 e. The molecule has 0 saturated heterocycles. The van der Waals surface area contributed by atoms with Gasteiger partial charge in [-0.25, -0.2) is 9.98 Å². The fourth-order valence-electron chi connectivity index (χ4n) is 4.71. The lowest BCUT2D eigenvalue weighted by molar-refractivity contribution is 0.834. The number of H-pyrrole nitrogens is 1. The van der Waals surface area contributed by atoms with E-state index in [9.17, 15) is 0 Å². The Kier molecular flexibility index (Phi) is 7.14. The Hall–Kier alpha value is -4.24. The molecule has 1 heterocycles. The van der Waals surface area contributed by atoms with Crippen molar-refractivity contribution in [3.05, 3.63) is 132 Å². The van der Waals surface area contributed by atoms with Crippen LogP contribution in [-0.2, 0) is 0 Å². The zero-order valence-corrected chi connectivity index (χ0v) is 21.9. The van der Waals surface area contributed by atoms with Gasteiger partial charge in [-0.05, 0) is 23.0 Å². The Bertz CT molecular complexity index is 1410. The van der Waals surface area contributed by atoms with Crippen molar-refractivity contribution in [2.24, 2.45) is 4.99 Å². The Labute approximate surface area is 220 Å². The summed E-state index contributed by atoms with van der Waals surface area (Å²) in [7, 11) is 0. The minimum atomic E-state index is 0.353. The van der Waals surface area contributed by atoms with Crippen LogP contribution in [0.3, 0.4) is 0 Å². The highest BCUT2D eigenvalue weighted by Gasteiger charge is 2.21. The van der Waals surface area contributed by atoms with Crippen molar-refractivity contribution in [3.63, 3.8) is 0 Å². The first-order chi connectivity index (χ1) is 18.0. The van der Waals surface area contributed by atoms with Crippen LogP contribution in [0.2, 0.25) is 0 Å². The van der Waals surface area contributed by atoms with E-state index in [1.54, 1.807) is 0 Å². The predicted octanol–water partition coefficient (Wildman–Crippen LogP) is 9.16. The van der Waals surface area contributed by atoms with Gasteiger partial charge < -0.3 is 4.98 Å². The molecule has 3 heteroatoms. The van der Waals surface area contributed by atoms with Crippen LogP contribution in [0.5, 0.6) is 0 Å². The van der Waals surface area contributed by atoms with Crippen LogP contribution in [0.1, 0.15) is 62.0 Å². The van der Waals surface area contributed by atoms with Gasteiger partial charge in [-0.1, -0.05) is 137 Å². The molecule has 0 aliphatic rings. The van der Waals surface area contributed by atoms with Gasteiger partial charge in [-0.2, -0.15) is 0 Å². The maximum absolute atomic E-state index is 5.41. The second-order valence-corrected chi connectivity index (χ2v) is 9.96. The molecular formula is C34H33N3. The average Bonchev–Trinajstić information content (AvgIpc) is 3.38. The second kappa shape index (κ2) is 10.8. The molecule has 0 atom stereocenters. The van der Waals surface area contributed by atoms with Crippen LogP contribution in [0.15, 0.2) is 114 Å². The first kappa shape index (κ1) is 24.5. The quantitative estimate of drug-likeness (QED) is 0.230. The van der Waals surface area contributed by atoms with Crippen LogP contribution in [-0.4, -0.2) is 15.7 Å². The highest BCUT2D eigenvalue weighted by Crippen LogP contribution is 2.36. The number of nitrogens with zero attached hydrogens (tertiary/aromatic N) is 2. The van der Waals surface area contributed by atoms with E-state index in [0.717, 1.165) is 45.3 Å². The first-order valence-electron chi connectivity index (χ1n) is 13.0. The van der Waals surface area contributed by atoms with Crippen molar-refractivity contribution in [1.82, 2.24) is 9.97 Å². The molecule has 0 fully saturated rings. The zero-order chi connectivity index (χ0) is 25.8. The molecule has 5 aromatic rings. The third kappa shape index (κ3) is 5.17. The topological polar surface area (TPSA) is 41.0 Å². The van der Waals surface area contributed by atoms with E-state index >= 15 is 0 Å². The Morgan fingerprint density at radius 1 is 0.622 bits per heavy atom. The summed E-state index contributed by atoms with van der Waals surface area (Å²) in [6.07, 6.45) is 0. The number of hydrogen-bond acceptors (Lipinski definition) is 2. The number of rotatable bonds is 7. The van der Waals surface area contributed by atoms with Crippen LogP contribution in [0.4, 0.5) is 5.69 Å². The van der Waals surface area contributed by atoms with E-state index in [1.165, 1.54) is 11.1 Å². The highest BCUT2D eigenvalue weighted by molar-refractivity contribution is 6.12. The van der Waals surface area contributed by atoms with Gasteiger partial charge in [-0.3, -0.25) is 0 Å². The molecule has 37 heavy (non-hydrogen) atoms. The number of benzene rings is 4. The van der Waals surface area contributed by atoms with E-state index < -0.39 is 0 Å². The van der Waals surface area contributed by atoms with E-state index in [1.807, 2.05) is 18.2 Å². The van der Waals surface area contributed by atoms with Crippen molar-refractivity contribution in [2.45, 2.75) is 39.5 Å². The summed E-state index contributed by atoms with van der Waals surface area (Å²) >= 11 is 0. The van der Waals surface area contributed by atoms with E-state index in [-0.39, 0.29) is 0 Å². The molecule has 0 spiro atoms. The van der Waals surface area contributed by atoms with Gasteiger partial charge in [0.15, 0.2) is 5.82 Å². The third-order valence-electron chi connectivity index (χ3n) is 6.65. The molecular weight excluding hydrogens is 450 g/mol. The molecule has 0 radical (unpaired) electrons. The van der Waals surface area contributed by atoms with Crippen LogP contribution >= 0.6 is 0 Å². The van der Waals surface area contributed by atoms with Gasteiger partial charge in [0.05, 0.1) is 17.1 Å². The second-order valence-electron chi connectivity index (χ2n) is 9.96. The highest BCUT2D eigenvalue weighted by atomic mass is 15.0. The lowest BCUT2D eigenvalue weighted by Crippen LogP contribution is -2.07. The zero-order valence-electron chi connectivity index (χ0n) is 21.9. The first-order valence-corrected chi connectivity index (χ1v) is 13.0. The van der Waals surface area contributed by atoms with Gasteiger partial charge in [0, 0.05) is 16.7 Å². The average molecular weight is 484 g/mol. The maximum Gasteiger partial charge on any atom is 0.157 e. The molecule has 4 aromatic carbocycles. The third-order valence-corrected chi connectivity index (χ3v) is 6.65. The molecule has 0 amide bonds. The van der Waals surface area contributed by atoms with Crippen LogP contribution in [0, 0.1) is 0 Å². The minimum Gasteiger partial charge on any atom is -0.336 e. The van der Waals surface area contributed by atoms with Gasteiger partial charge >= 0.3 is 0 Å². The number of aliphatic imine (C=N–C) groups is 1. The molecule has 0 unspecified atom stereocenters. The SMILES string of the molecule is CC(C)c1cccc(C(C)C)c1/N=C(\c1ccccc1)c1nc(-c2ccccc2)c(-c2ccccc2)[nH]1. The summed E-state index contributed by atoms with van der Waals surface area (Å²) < 4.78 is 0. The van der Waals surface area contributed by atoms with Crippen molar-refractivity contribution in [1.29, 1.82) is 0 Å². The van der Waals surface area contributed by atoms with Crippen molar-refractivity contribution in [3.8, 4) is 22.5 Å². The number of para-hydroxylation sites is 1. The molecule has 5 rings (SSSR count). The summed E-state index contributed by atoms with van der Waals surface area (Å²) in [6, 6.07) is 37.7. The molecule has 0 bridgehead atoms.